The van der Waals surface area contributed by atoms with Crippen molar-refractivity contribution in [3.63, 3.8) is 0 Å². The van der Waals surface area contributed by atoms with Crippen LogP contribution in [-0.2, 0) is 11.3 Å². The Morgan fingerprint density at radius 2 is 2.62 bits per heavy atom. The number of aromatic nitrogens is 2. The zero-order valence-electron chi connectivity index (χ0n) is 7.15. The van der Waals surface area contributed by atoms with Crippen molar-refractivity contribution in [1.82, 2.24) is 14.7 Å². The number of carbonyl (C=O) groups excluding carboxylic acids is 1. The molecule has 13 heavy (non-hydrogen) atoms. The Morgan fingerprint density at radius 1 is 1.77 bits per heavy atom. The molecule has 2 rings (SSSR count). The first-order valence-electron chi connectivity index (χ1n) is 3.90. The van der Waals surface area contributed by atoms with E-state index >= 15 is 0 Å². The van der Waals surface area contributed by atoms with E-state index in [1.54, 1.807) is 11.3 Å². The SMILES string of the molecule is Cc1cn2c(CNC=O)ncc2s1. The number of amides is 1. The smallest absolute Gasteiger partial charge is 0.207 e. The molecule has 0 radical (unpaired) electrons. The Morgan fingerprint density at radius 3 is 3.38 bits per heavy atom. The molecule has 0 atom stereocenters. The second-order valence-electron chi connectivity index (χ2n) is 2.72. The van der Waals surface area contributed by atoms with Crippen molar-refractivity contribution in [3.8, 4) is 0 Å². The summed E-state index contributed by atoms with van der Waals surface area (Å²) in [7, 11) is 0. The highest BCUT2D eigenvalue weighted by atomic mass is 32.1. The van der Waals surface area contributed by atoms with Gasteiger partial charge in [-0.25, -0.2) is 4.98 Å². The quantitative estimate of drug-likeness (QED) is 0.741. The van der Waals surface area contributed by atoms with Crippen LogP contribution in [0.25, 0.3) is 4.83 Å². The Hall–Kier alpha value is -1.36. The van der Waals surface area contributed by atoms with Crippen molar-refractivity contribution in [2.24, 2.45) is 0 Å². The molecule has 0 fully saturated rings. The van der Waals surface area contributed by atoms with Crippen LogP contribution in [0.4, 0.5) is 0 Å². The summed E-state index contributed by atoms with van der Waals surface area (Å²) in [6.45, 7) is 2.53. The van der Waals surface area contributed by atoms with Crippen LogP contribution in [0.2, 0.25) is 0 Å². The maximum absolute atomic E-state index is 10.1. The van der Waals surface area contributed by atoms with Gasteiger partial charge in [0.1, 0.15) is 10.7 Å². The number of hydrogen-bond acceptors (Lipinski definition) is 3. The third-order valence-electron chi connectivity index (χ3n) is 1.76. The second-order valence-corrected chi connectivity index (χ2v) is 3.99. The Labute approximate surface area is 79.2 Å². The van der Waals surface area contributed by atoms with Gasteiger partial charge in [0, 0.05) is 11.1 Å². The molecule has 0 unspecified atom stereocenters. The Bertz CT molecular complexity index is 431. The Balaban J connectivity index is 2.38. The molecule has 0 bridgehead atoms. The minimum Gasteiger partial charge on any atom is -0.351 e. The molecule has 2 aromatic rings. The third kappa shape index (κ3) is 1.42. The lowest BCUT2D eigenvalue weighted by Gasteiger charge is -1.95. The molecule has 2 aromatic heterocycles. The predicted molar refractivity (Wildman–Crippen MR) is 50.7 cm³/mol. The number of carbonyl (C=O) groups is 1. The number of fused-ring (bicyclic) bond motifs is 1. The molecule has 2 heterocycles. The number of hydrogen-bond donors (Lipinski definition) is 1. The molecular weight excluding hydrogens is 186 g/mol. The highest BCUT2D eigenvalue weighted by Gasteiger charge is 2.04. The van der Waals surface area contributed by atoms with Crippen molar-refractivity contribution in [2.45, 2.75) is 13.5 Å². The maximum atomic E-state index is 10.1. The zero-order chi connectivity index (χ0) is 9.26. The Kier molecular flexibility index (Phi) is 2.02. The van der Waals surface area contributed by atoms with Gasteiger partial charge in [0.25, 0.3) is 0 Å². The van der Waals surface area contributed by atoms with Crippen LogP contribution in [0.3, 0.4) is 0 Å². The minimum atomic E-state index is 0.480. The maximum Gasteiger partial charge on any atom is 0.207 e. The van der Waals surface area contributed by atoms with Crippen LogP contribution in [0.1, 0.15) is 10.7 Å². The van der Waals surface area contributed by atoms with Gasteiger partial charge in [0.2, 0.25) is 6.41 Å². The van der Waals surface area contributed by atoms with Gasteiger partial charge in [0.05, 0.1) is 12.7 Å². The van der Waals surface area contributed by atoms with Crippen molar-refractivity contribution in [2.75, 3.05) is 0 Å². The van der Waals surface area contributed by atoms with Crippen molar-refractivity contribution >= 4 is 22.6 Å². The van der Waals surface area contributed by atoms with Gasteiger partial charge in [-0.3, -0.25) is 9.20 Å². The monoisotopic (exact) mass is 195 g/mol. The summed E-state index contributed by atoms with van der Waals surface area (Å²) in [6.07, 6.45) is 4.52. The van der Waals surface area contributed by atoms with Gasteiger partial charge in [-0.15, -0.1) is 11.3 Å². The van der Waals surface area contributed by atoms with E-state index in [1.807, 2.05) is 16.8 Å². The van der Waals surface area contributed by atoms with Crippen molar-refractivity contribution < 1.29 is 4.79 Å². The zero-order valence-corrected chi connectivity index (χ0v) is 7.97. The molecule has 0 aliphatic rings. The first-order valence-corrected chi connectivity index (χ1v) is 4.72. The minimum absolute atomic E-state index is 0.480. The van der Waals surface area contributed by atoms with E-state index in [1.165, 1.54) is 4.88 Å². The molecule has 0 spiro atoms. The van der Waals surface area contributed by atoms with Gasteiger partial charge >= 0.3 is 0 Å². The van der Waals surface area contributed by atoms with Crippen LogP contribution in [-0.4, -0.2) is 15.8 Å². The van der Waals surface area contributed by atoms with Crippen LogP contribution < -0.4 is 5.32 Å². The van der Waals surface area contributed by atoms with E-state index in [2.05, 4.69) is 17.2 Å². The normalized spacial score (nSPS) is 10.5. The molecule has 0 aliphatic heterocycles. The molecule has 0 aromatic carbocycles. The van der Waals surface area contributed by atoms with Gasteiger partial charge in [-0.2, -0.15) is 0 Å². The lowest BCUT2D eigenvalue weighted by Crippen LogP contribution is -2.12. The fourth-order valence-electron chi connectivity index (χ4n) is 1.23. The molecule has 1 amide bonds. The molecule has 5 heteroatoms. The van der Waals surface area contributed by atoms with E-state index in [0.29, 0.717) is 13.0 Å². The number of nitrogens with zero attached hydrogens (tertiary/aromatic N) is 2. The molecule has 1 N–H and O–H groups in total. The van der Waals surface area contributed by atoms with E-state index in [4.69, 9.17) is 0 Å². The van der Waals surface area contributed by atoms with Crippen molar-refractivity contribution in [1.29, 1.82) is 0 Å². The standard InChI is InChI=1S/C8H9N3OS/c1-6-4-11-7(2-9-5-12)10-3-8(11)13-6/h3-5H,2H2,1H3,(H,9,12). The first kappa shape index (κ1) is 8.25. The molecule has 0 aliphatic carbocycles. The molecular formula is C8H9N3OS. The molecule has 0 saturated carbocycles. The van der Waals surface area contributed by atoms with E-state index < -0.39 is 0 Å². The lowest BCUT2D eigenvalue weighted by molar-refractivity contribution is -0.109. The molecule has 4 nitrogen and oxygen atoms in total. The number of imidazole rings is 1. The highest BCUT2D eigenvalue weighted by Crippen LogP contribution is 2.17. The van der Waals surface area contributed by atoms with Gasteiger partial charge < -0.3 is 5.32 Å². The fraction of sp³-hybridized carbons (Fsp3) is 0.250. The lowest BCUT2D eigenvalue weighted by atomic mass is 10.6. The highest BCUT2D eigenvalue weighted by molar-refractivity contribution is 7.17. The average molecular weight is 195 g/mol. The molecule has 0 saturated heterocycles. The summed E-state index contributed by atoms with van der Waals surface area (Å²) in [5, 5.41) is 2.59. The number of nitrogens with one attached hydrogen (secondary N) is 1. The van der Waals surface area contributed by atoms with Gasteiger partial charge in [-0.05, 0) is 6.92 Å². The number of aryl methyl sites for hydroxylation is 1. The fourth-order valence-corrected chi connectivity index (χ4v) is 2.08. The van der Waals surface area contributed by atoms with Crippen LogP contribution in [0, 0.1) is 6.92 Å². The number of rotatable bonds is 3. The summed E-state index contributed by atoms with van der Waals surface area (Å²) in [5.74, 6) is 0.867. The summed E-state index contributed by atoms with van der Waals surface area (Å²) in [6, 6.07) is 0. The number of thiazole rings is 1. The van der Waals surface area contributed by atoms with Crippen LogP contribution in [0.5, 0.6) is 0 Å². The van der Waals surface area contributed by atoms with Crippen LogP contribution >= 0.6 is 11.3 Å². The molecule has 68 valence electrons. The summed E-state index contributed by atoms with van der Waals surface area (Å²) < 4.78 is 2.00. The second kappa shape index (κ2) is 3.18. The van der Waals surface area contributed by atoms with E-state index in [0.717, 1.165) is 10.7 Å². The summed E-state index contributed by atoms with van der Waals surface area (Å²) in [5.41, 5.74) is 0. The summed E-state index contributed by atoms with van der Waals surface area (Å²) in [4.78, 5) is 16.6. The van der Waals surface area contributed by atoms with Gasteiger partial charge in [-0.1, -0.05) is 0 Å². The van der Waals surface area contributed by atoms with Crippen molar-refractivity contribution in [3.05, 3.63) is 23.1 Å². The first-order chi connectivity index (χ1) is 6.31. The average Bonchev–Trinajstić information content (AvgIpc) is 2.61. The van der Waals surface area contributed by atoms with Gasteiger partial charge in [0.15, 0.2) is 0 Å². The summed E-state index contributed by atoms with van der Waals surface area (Å²) >= 11 is 1.69. The van der Waals surface area contributed by atoms with E-state index in [-0.39, 0.29) is 0 Å². The largest absolute Gasteiger partial charge is 0.351 e. The third-order valence-corrected chi connectivity index (χ3v) is 2.70. The predicted octanol–water partition coefficient (Wildman–Crippen LogP) is 0.950. The topological polar surface area (TPSA) is 46.4 Å². The van der Waals surface area contributed by atoms with Crippen LogP contribution in [0.15, 0.2) is 12.4 Å². The van der Waals surface area contributed by atoms with E-state index in [9.17, 15) is 4.79 Å².